The smallest absolute Gasteiger partial charge is 0.265 e. The van der Waals surface area contributed by atoms with Crippen LogP contribution in [0.25, 0.3) is 10.7 Å². The van der Waals surface area contributed by atoms with Crippen molar-refractivity contribution in [3.05, 3.63) is 39.0 Å². The standard InChI is InChI=1S/C22H29N5O2S2/c1-15(2)14-19-23-16(3)20(31-19)22(28)27-11-9-26(10-12-27)8-4-7-18-24-21(25-29-18)17-6-5-13-30-17/h5-6,13,15H,4,7-12,14H2,1-3H3. The molecule has 3 aromatic rings. The van der Waals surface area contributed by atoms with E-state index in [-0.39, 0.29) is 5.91 Å². The van der Waals surface area contributed by atoms with Gasteiger partial charge in [-0.2, -0.15) is 4.98 Å². The van der Waals surface area contributed by atoms with Gasteiger partial charge in [0.25, 0.3) is 5.91 Å². The van der Waals surface area contributed by atoms with Gasteiger partial charge in [-0.05, 0) is 37.3 Å². The van der Waals surface area contributed by atoms with Crippen LogP contribution in [-0.2, 0) is 12.8 Å². The fourth-order valence-electron chi connectivity index (χ4n) is 3.72. The van der Waals surface area contributed by atoms with Crippen LogP contribution in [0.4, 0.5) is 0 Å². The monoisotopic (exact) mass is 459 g/mol. The summed E-state index contributed by atoms with van der Waals surface area (Å²) < 4.78 is 5.38. The number of carbonyl (C=O) groups excluding carboxylic acids is 1. The first kappa shape index (κ1) is 22.1. The molecule has 0 aromatic carbocycles. The molecular weight excluding hydrogens is 430 g/mol. The van der Waals surface area contributed by atoms with E-state index in [0.29, 0.717) is 17.6 Å². The lowest BCUT2D eigenvalue weighted by Gasteiger charge is -2.34. The first-order chi connectivity index (χ1) is 15.0. The van der Waals surface area contributed by atoms with Crippen LogP contribution in [0.2, 0.25) is 0 Å². The number of amides is 1. The quantitative estimate of drug-likeness (QED) is 0.504. The van der Waals surface area contributed by atoms with E-state index in [1.54, 1.807) is 22.7 Å². The van der Waals surface area contributed by atoms with E-state index in [2.05, 4.69) is 33.9 Å². The van der Waals surface area contributed by atoms with Crippen LogP contribution in [0, 0.1) is 12.8 Å². The molecule has 0 aliphatic carbocycles. The van der Waals surface area contributed by atoms with Crippen molar-refractivity contribution in [3.8, 4) is 10.7 Å². The van der Waals surface area contributed by atoms with Crippen molar-refractivity contribution in [1.29, 1.82) is 0 Å². The number of piperazine rings is 1. The highest BCUT2D eigenvalue weighted by Gasteiger charge is 2.25. The zero-order valence-electron chi connectivity index (χ0n) is 18.3. The third-order valence-electron chi connectivity index (χ3n) is 5.35. The molecule has 0 N–H and O–H groups in total. The molecule has 7 nitrogen and oxygen atoms in total. The highest BCUT2D eigenvalue weighted by molar-refractivity contribution is 7.14. The minimum Gasteiger partial charge on any atom is -0.339 e. The molecule has 0 radical (unpaired) electrons. The lowest BCUT2D eigenvalue weighted by atomic mass is 10.1. The summed E-state index contributed by atoms with van der Waals surface area (Å²) >= 11 is 3.18. The Labute approximate surface area is 191 Å². The molecule has 1 saturated heterocycles. The molecule has 0 atom stereocenters. The van der Waals surface area contributed by atoms with Gasteiger partial charge < -0.3 is 9.42 Å². The minimum atomic E-state index is 0.136. The molecule has 31 heavy (non-hydrogen) atoms. The number of nitrogens with zero attached hydrogens (tertiary/aromatic N) is 5. The van der Waals surface area contributed by atoms with Crippen LogP contribution < -0.4 is 0 Å². The number of thiophene rings is 1. The van der Waals surface area contributed by atoms with E-state index < -0.39 is 0 Å². The average Bonchev–Trinajstić information content (AvgIpc) is 3.49. The van der Waals surface area contributed by atoms with E-state index in [0.717, 1.165) is 72.4 Å². The van der Waals surface area contributed by atoms with Gasteiger partial charge in [-0.15, -0.1) is 22.7 Å². The molecule has 0 spiro atoms. The van der Waals surface area contributed by atoms with Gasteiger partial charge in [-0.25, -0.2) is 4.98 Å². The third kappa shape index (κ3) is 5.58. The van der Waals surface area contributed by atoms with Crippen LogP contribution in [-0.4, -0.2) is 63.6 Å². The summed E-state index contributed by atoms with van der Waals surface area (Å²) in [7, 11) is 0. The fourth-order valence-corrected chi connectivity index (χ4v) is 5.62. The molecule has 1 aliphatic rings. The number of hydrogen-bond donors (Lipinski definition) is 0. The largest absolute Gasteiger partial charge is 0.339 e. The zero-order chi connectivity index (χ0) is 21.8. The van der Waals surface area contributed by atoms with Gasteiger partial charge in [0, 0.05) is 39.0 Å². The molecule has 0 bridgehead atoms. The Hall–Kier alpha value is -2.10. The summed E-state index contributed by atoms with van der Waals surface area (Å²) in [5.41, 5.74) is 0.870. The third-order valence-corrected chi connectivity index (χ3v) is 7.39. The second kappa shape index (κ2) is 10.0. The van der Waals surface area contributed by atoms with Gasteiger partial charge in [0.05, 0.1) is 15.6 Å². The van der Waals surface area contributed by atoms with Crippen molar-refractivity contribution in [2.75, 3.05) is 32.7 Å². The first-order valence-corrected chi connectivity index (χ1v) is 12.5. The van der Waals surface area contributed by atoms with Gasteiger partial charge in [-0.1, -0.05) is 25.1 Å². The van der Waals surface area contributed by atoms with Crippen LogP contribution in [0.15, 0.2) is 22.0 Å². The summed E-state index contributed by atoms with van der Waals surface area (Å²) in [5, 5.41) is 7.15. The fraction of sp³-hybridized carbons (Fsp3) is 0.545. The molecule has 0 unspecified atom stereocenters. The zero-order valence-corrected chi connectivity index (χ0v) is 20.0. The summed E-state index contributed by atoms with van der Waals surface area (Å²) in [6, 6.07) is 3.99. The SMILES string of the molecule is Cc1nc(CC(C)C)sc1C(=O)N1CCN(CCCc2nc(-c3cccs3)no2)CC1. The molecular formula is C22H29N5O2S2. The average molecular weight is 460 g/mol. The maximum Gasteiger partial charge on any atom is 0.265 e. The number of rotatable bonds is 8. The molecule has 4 heterocycles. The lowest BCUT2D eigenvalue weighted by molar-refractivity contribution is 0.0639. The Morgan fingerprint density at radius 1 is 1.23 bits per heavy atom. The van der Waals surface area contributed by atoms with Gasteiger partial charge in [0.2, 0.25) is 11.7 Å². The molecule has 4 rings (SSSR count). The molecule has 3 aromatic heterocycles. The van der Waals surface area contributed by atoms with Gasteiger partial charge >= 0.3 is 0 Å². The molecule has 1 amide bonds. The Balaban J connectivity index is 1.22. The minimum absolute atomic E-state index is 0.136. The van der Waals surface area contributed by atoms with E-state index in [9.17, 15) is 4.79 Å². The predicted octanol–water partition coefficient (Wildman–Crippen LogP) is 4.15. The van der Waals surface area contributed by atoms with Crippen molar-refractivity contribution in [2.24, 2.45) is 5.92 Å². The van der Waals surface area contributed by atoms with Crippen molar-refractivity contribution >= 4 is 28.6 Å². The highest BCUT2D eigenvalue weighted by Crippen LogP contribution is 2.23. The molecule has 9 heteroatoms. The van der Waals surface area contributed by atoms with Crippen molar-refractivity contribution in [3.63, 3.8) is 0 Å². The van der Waals surface area contributed by atoms with E-state index in [1.807, 2.05) is 29.3 Å². The van der Waals surface area contributed by atoms with Gasteiger partial charge in [0.15, 0.2) is 0 Å². The maximum atomic E-state index is 13.0. The molecule has 0 saturated carbocycles. The number of aromatic nitrogens is 3. The predicted molar refractivity (Wildman–Crippen MR) is 124 cm³/mol. The van der Waals surface area contributed by atoms with E-state index in [1.165, 1.54) is 0 Å². The Bertz CT molecular complexity index is 988. The number of aryl methyl sites for hydroxylation is 2. The van der Waals surface area contributed by atoms with E-state index in [4.69, 9.17) is 4.52 Å². The van der Waals surface area contributed by atoms with Crippen LogP contribution in [0.5, 0.6) is 0 Å². The number of carbonyl (C=O) groups is 1. The van der Waals surface area contributed by atoms with Gasteiger partial charge in [-0.3, -0.25) is 9.69 Å². The molecule has 1 fully saturated rings. The summed E-state index contributed by atoms with van der Waals surface area (Å²) in [5.74, 6) is 2.05. The normalized spacial score (nSPS) is 15.2. The first-order valence-electron chi connectivity index (χ1n) is 10.8. The second-order valence-corrected chi connectivity index (χ2v) is 10.4. The molecule has 166 valence electrons. The highest BCUT2D eigenvalue weighted by atomic mass is 32.1. The van der Waals surface area contributed by atoms with Gasteiger partial charge in [0.1, 0.15) is 4.88 Å². The van der Waals surface area contributed by atoms with Crippen molar-refractivity contribution < 1.29 is 9.32 Å². The summed E-state index contributed by atoms with van der Waals surface area (Å²) in [6.07, 6.45) is 2.67. The Kier molecular flexibility index (Phi) is 7.14. The van der Waals surface area contributed by atoms with Crippen molar-refractivity contribution in [1.82, 2.24) is 24.9 Å². The number of hydrogen-bond acceptors (Lipinski definition) is 8. The Morgan fingerprint density at radius 2 is 2.03 bits per heavy atom. The molecule has 1 aliphatic heterocycles. The lowest BCUT2D eigenvalue weighted by Crippen LogP contribution is -2.48. The summed E-state index contributed by atoms with van der Waals surface area (Å²) in [6.45, 7) is 10.6. The summed E-state index contributed by atoms with van der Waals surface area (Å²) in [4.78, 5) is 28.3. The Morgan fingerprint density at radius 3 is 2.74 bits per heavy atom. The topological polar surface area (TPSA) is 75.4 Å². The van der Waals surface area contributed by atoms with Crippen LogP contribution >= 0.6 is 22.7 Å². The van der Waals surface area contributed by atoms with E-state index >= 15 is 0 Å². The van der Waals surface area contributed by atoms with Crippen molar-refractivity contribution in [2.45, 2.75) is 40.0 Å². The van der Waals surface area contributed by atoms with Crippen LogP contribution in [0.1, 0.15) is 46.5 Å². The second-order valence-electron chi connectivity index (χ2n) is 8.35. The van der Waals surface area contributed by atoms with Crippen LogP contribution in [0.3, 0.4) is 0 Å². The maximum absolute atomic E-state index is 13.0. The number of thiazole rings is 1.